The van der Waals surface area contributed by atoms with Gasteiger partial charge in [0.2, 0.25) is 11.8 Å². The summed E-state index contributed by atoms with van der Waals surface area (Å²) in [7, 11) is 0. The number of nitrogens with one attached hydrogen (secondary N) is 1. The molecule has 0 aromatic carbocycles. The van der Waals surface area contributed by atoms with E-state index in [1.165, 1.54) is 6.92 Å². The van der Waals surface area contributed by atoms with Crippen molar-refractivity contribution in [1.29, 1.82) is 0 Å². The molecule has 0 bridgehead atoms. The fourth-order valence-corrected chi connectivity index (χ4v) is 4.54. The second kappa shape index (κ2) is 16.6. The summed E-state index contributed by atoms with van der Waals surface area (Å²) in [5, 5.41) is 52.9. The molecule has 222 valence electrons. The first kappa shape index (κ1) is 32.8. The van der Waals surface area contributed by atoms with E-state index in [9.17, 15) is 35.1 Å². The standard InChI is InChI=1S/C24H44N2O12/c1-3-4-5-6-7-8-9-34-23-17(26-13(2)29)22(35-12-16(25)30)21(15(11-28)37-23)38-24-20(33)19(32)18(31)14(10-27)36-24/h14-15,17-24,27-28,31-33H,3-12H2,1-2H3,(H2,25,30)(H,26,29)/t14-,15-,17-,18+,19+,20-,21-,22-,23-,24+/m1/s1. The average Bonchev–Trinajstić information content (AvgIpc) is 2.88. The van der Waals surface area contributed by atoms with Crippen molar-refractivity contribution in [1.82, 2.24) is 5.32 Å². The van der Waals surface area contributed by atoms with E-state index in [4.69, 9.17) is 29.4 Å². The topological polar surface area (TPSA) is 219 Å². The lowest BCUT2D eigenvalue weighted by molar-refractivity contribution is -0.350. The lowest BCUT2D eigenvalue weighted by atomic mass is 9.95. The molecule has 0 saturated carbocycles. The zero-order valence-corrected chi connectivity index (χ0v) is 22.0. The van der Waals surface area contributed by atoms with Crippen LogP contribution in [0.25, 0.3) is 0 Å². The van der Waals surface area contributed by atoms with Gasteiger partial charge in [-0.25, -0.2) is 0 Å². The third-order valence-electron chi connectivity index (χ3n) is 6.53. The third kappa shape index (κ3) is 9.33. The number of carbonyl (C=O) groups excluding carboxylic acids is 2. The molecule has 2 saturated heterocycles. The monoisotopic (exact) mass is 552 g/mol. The maximum absolute atomic E-state index is 12.1. The van der Waals surface area contributed by atoms with Crippen LogP contribution in [0.3, 0.4) is 0 Å². The zero-order chi connectivity index (χ0) is 28.2. The van der Waals surface area contributed by atoms with Gasteiger partial charge in [-0.05, 0) is 6.42 Å². The van der Waals surface area contributed by atoms with Crippen LogP contribution in [0, 0.1) is 0 Å². The van der Waals surface area contributed by atoms with Crippen molar-refractivity contribution in [3.63, 3.8) is 0 Å². The lowest BCUT2D eigenvalue weighted by Crippen LogP contribution is -2.68. The minimum atomic E-state index is -1.75. The molecule has 0 aromatic heterocycles. The summed E-state index contributed by atoms with van der Waals surface area (Å²) < 4.78 is 28.8. The number of hydrogen-bond acceptors (Lipinski definition) is 12. The molecule has 0 unspecified atom stereocenters. The van der Waals surface area contributed by atoms with Gasteiger partial charge < -0.3 is 60.3 Å². The smallest absolute Gasteiger partial charge is 0.243 e. The number of amides is 2. The number of nitrogens with two attached hydrogens (primary N) is 1. The predicted molar refractivity (Wildman–Crippen MR) is 130 cm³/mol. The molecule has 14 nitrogen and oxygen atoms in total. The Bertz CT molecular complexity index is 714. The summed E-state index contributed by atoms with van der Waals surface area (Å²) in [6.07, 6.45) is -6.46. The molecule has 2 fully saturated rings. The number of aliphatic hydroxyl groups excluding tert-OH is 5. The summed E-state index contributed by atoms with van der Waals surface area (Å²) in [6.45, 7) is 1.83. The highest BCUT2D eigenvalue weighted by Gasteiger charge is 2.52. The van der Waals surface area contributed by atoms with E-state index in [1.807, 2.05) is 0 Å². The van der Waals surface area contributed by atoms with Crippen molar-refractivity contribution < 1.29 is 58.8 Å². The molecule has 8 N–H and O–H groups in total. The Labute approximate surface area is 222 Å². The zero-order valence-electron chi connectivity index (χ0n) is 22.0. The summed E-state index contributed by atoms with van der Waals surface area (Å²) in [4.78, 5) is 23.6. The Kier molecular flexibility index (Phi) is 14.3. The van der Waals surface area contributed by atoms with Gasteiger partial charge in [-0.2, -0.15) is 0 Å². The lowest BCUT2D eigenvalue weighted by Gasteiger charge is -2.48. The molecule has 10 atom stereocenters. The van der Waals surface area contributed by atoms with E-state index >= 15 is 0 Å². The average molecular weight is 553 g/mol. The van der Waals surface area contributed by atoms with Crippen LogP contribution in [-0.4, -0.2) is 125 Å². The maximum atomic E-state index is 12.1. The van der Waals surface area contributed by atoms with E-state index in [1.54, 1.807) is 0 Å². The minimum Gasteiger partial charge on any atom is -0.394 e. The molecule has 0 aliphatic carbocycles. The summed E-state index contributed by atoms with van der Waals surface area (Å²) >= 11 is 0. The normalized spacial score (nSPS) is 35.7. The molecule has 2 heterocycles. The molecule has 14 heteroatoms. The van der Waals surface area contributed by atoms with Crippen molar-refractivity contribution in [3.8, 4) is 0 Å². The van der Waals surface area contributed by atoms with Crippen LogP contribution in [-0.2, 0) is 33.3 Å². The van der Waals surface area contributed by atoms with Crippen LogP contribution in [0.2, 0.25) is 0 Å². The summed E-state index contributed by atoms with van der Waals surface area (Å²) in [5.41, 5.74) is 5.27. The molecule has 2 amide bonds. The summed E-state index contributed by atoms with van der Waals surface area (Å²) in [5.74, 6) is -1.27. The highest BCUT2D eigenvalue weighted by Crippen LogP contribution is 2.31. The van der Waals surface area contributed by atoms with Gasteiger partial charge in [0.05, 0.1) is 13.2 Å². The predicted octanol–water partition coefficient (Wildman–Crippen LogP) is -2.36. The van der Waals surface area contributed by atoms with E-state index < -0.39 is 93.0 Å². The number of primary amides is 1. The van der Waals surface area contributed by atoms with E-state index in [0.717, 1.165) is 38.5 Å². The molecule has 0 spiro atoms. The fraction of sp³-hybridized carbons (Fsp3) is 0.917. The quantitative estimate of drug-likeness (QED) is 0.100. The van der Waals surface area contributed by atoms with Crippen LogP contribution in [0.1, 0.15) is 52.4 Å². The van der Waals surface area contributed by atoms with Gasteiger partial charge in [0.25, 0.3) is 0 Å². The Hall–Kier alpha value is -1.46. The van der Waals surface area contributed by atoms with Gasteiger partial charge >= 0.3 is 0 Å². The Morgan fingerprint density at radius 3 is 2.08 bits per heavy atom. The van der Waals surface area contributed by atoms with Crippen molar-refractivity contribution >= 4 is 11.8 Å². The third-order valence-corrected chi connectivity index (χ3v) is 6.53. The molecule has 0 aromatic rings. The highest BCUT2D eigenvalue weighted by molar-refractivity contribution is 5.75. The number of aliphatic hydroxyl groups is 5. The first-order valence-corrected chi connectivity index (χ1v) is 13.1. The van der Waals surface area contributed by atoms with Crippen molar-refractivity contribution in [2.75, 3.05) is 26.4 Å². The Morgan fingerprint density at radius 1 is 0.842 bits per heavy atom. The molecule has 2 aliphatic heterocycles. The van der Waals surface area contributed by atoms with Gasteiger partial charge in [-0.3, -0.25) is 9.59 Å². The fourth-order valence-electron chi connectivity index (χ4n) is 4.54. The number of rotatable bonds is 16. The molecule has 2 rings (SSSR count). The van der Waals surface area contributed by atoms with Gasteiger partial charge in [0.1, 0.15) is 55.4 Å². The van der Waals surface area contributed by atoms with Crippen molar-refractivity contribution in [3.05, 3.63) is 0 Å². The van der Waals surface area contributed by atoms with Crippen LogP contribution in [0.4, 0.5) is 0 Å². The Balaban J connectivity index is 2.23. The number of hydrogen-bond donors (Lipinski definition) is 7. The van der Waals surface area contributed by atoms with E-state index in [0.29, 0.717) is 6.61 Å². The minimum absolute atomic E-state index is 0.297. The van der Waals surface area contributed by atoms with Gasteiger partial charge in [0, 0.05) is 13.5 Å². The van der Waals surface area contributed by atoms with Crippen LogP contribution in [0.5, 0.6) is 0 Å². The van der Waals surface area contributed by atoms with E-state index in [2.05, 4.69) is 12.2 Å². The molecule has 2 aliphatic rings. The first-order chi connectivity index (χ1) is 18.1. The summed E-state index contributed by atoms with van der Waals surface area (Å²) in [6, 6.07) is -1.02. The van der Waals surface area contributed by atoms with Crippen molar-refractivity contribution in [2.45, 2.75) is 114 Å². The van der Waals surface area contributed by atoms with Gasteiger partial charge in [-0.1, -0.05) is 39.0 Å². The molecular formula is C24H44N2O12. The van der Waals surface area contributed by atoms with Crippen LogP contribution >= 0.6 is 0 Å². The molecule has 0 radical (unpaired) electrons. The maximum Gasteiger partial charge on any atom is 0.243 e. The number of carbonyl (C=O) groups is 2. The second-order valence-electron chi connectivity index (χ2n) is 9.63. The number of ether oxygens (including phenoxy) is 5. The number of unbranched alkanes of at least 4 members (excludes halogenated alkanes) is 5. The van der Waals surface area contributed by atoms with Crippen LogP contribution < -0.4 is 11.1 Å². The largest absolute Gasteiger partial charge is 0.394 e. The van der Waals surface area contributed by atoms with Crippen molar-refractivity contribution in [2.24, 2.45) is 5.73 Å². The second-order valence-corrected chi connectivity index (χ2v) is 9.63. The highest BCUT2D eigenvalue weighted by atomic mass is 16.7. The van der Waals surface area contributed by atoms with Gasteiger partial charge in [-0.15, -0.1) is 0 Å². The van der Waals surface area contributed by atoms with Gasteiger partial charge in [0.15, 0.2) is 12.6 Å². The first-order valence-electron chi connectivity index (χ1n) is 13.1. The van der Waals surface area contributed by atoms with Crippen LogP contribution in [0.15, 0.2) is 0 Å². The van der Waals surface area contributed by atoms with E-state index in [-0.39, 0.29) is 0 Å². The molecular weight excluding hydrogens is 508 g/mol. The molecule has 38 heavy (non-hydrogen) atoms. The SMILES string of the molecule is CCCCCCCCO[C@@H]1O[C@H](CO)[C@@H](O[C@@H]2O[C@H](CO)[C@H](O)[C@H](O)[C@H]2O)[C@H](OCC(N)=O)[C@H]1NC(C)=O. The Morgan fingerprint density at radius 2 is 1.47 bits per heavy atom.